The number of amides is 3. The van der Waals surface area contributed by atoms with E-state index in [2.05, 4.69) is 10.6 Å². The number of hydrogen-bond acceptors (Lipinski definition) is 11. The average Bonchev–Trinajstić information content (AvgIpc) is 3.12. The summed E-state index contributed by atoms with van der Waals surface area (Å²) >= 11 is 0. The Morgan fingerprint density at radius 2 is 1.74 bits per heavy atom. The number of carbonyl (C=O) groups is 4. The van der Waals surface area contributed by atoms with Crippen molar-refractivity contribution in [2.75, 3.05) is 38.1 Å². The Balaban J connectivity index is 2.26. The molecular weight excluding hydrogens is 686 g/mol. The first-order valence-electron chi connectivity index (χ1n) is 17.0. The molecule has 1 aliphatic rings. The highest BCUT2D eigenvalue weighted by atomic mass is 16.6. The molecule has 2 aromatic carbocycles. The molecule has 0 fully saturated rings. The van der Waals surface area contributed by atoms with Gasteiger partial charge in [-0.2, -0.15) is 0 Å². The summed E-state index contributed by atoms with van der Waals surface area (Å²) in [5, 5.41) is 28.0. The Morgan fingerprint density at radius 3 is 2.36 bits per heavy atom. The lowest BCUT2D eigenvalue weighted by atomic mass is 9.91. The van der Waals surface area contributed by atoms with Crippen molar-refractivity contribution < 1.29 is 53.1 Å². The van der Waals surface area contributed by atoms with Gasteiger partial charge in [-0.05, 0) is 57.9 Å². The number of ether oxygens (including phenoxy) is 5. The third-order valence-electron chi connectivity index (χ3n) is 8.43. The van der Waals surface area contributed by atoms with E-state index in [4.69, 9.17) is 29.4 Å². The molecule has 2 aromatic rings. The number of fused-ring (bicyclic) bond motifs is 2. The summed E-state index contributed by atoms with van der Waals surface area (Å²) in [6, 6.07) is 9.42. The summed E-state index contributed by atoms with van der Waals surface area (Å²) in [6.07, 6.45) is 3.36. The van der Waals surface area contributed by atoms with Crippen molar-refractivity contribution in [2.24, 2.45) is 11.7 Å². The van der Waals surface area contributed by atoms with Gasteiger partial charge >= 0.3 is 12.1 Å². The van der Waals surface area contributed by atoms with Gasteiger partial charge in [0, 0.05) is 49.5 Å². The van der Waals surface area contributed by atoms with Crippen LogP contribution in [0.3, 0.4) is 0 Å². The minimum absolute atomic E-state index is 0.000521. The van der Waals surface area contributed by atoms with Crippen molar-refractivity contribution in [2.45, 2.75) is 65.5 Å². The maximum absolute atomic E-state index is 13.3. The minimum Gasteiger partial charge on any atom is -0.506 e. The number of phenolic OH excluding ortho intramolecular Hbond substituents is 2. The van der Waals surface area contributed by atoms with Crippen molar-refractivity contribution in [3.8, 4) is 11.5 Å². The number of carbonyl (C=O) groups excluding carboxylic acids is 4. The average molecular weight is 736 g/mol. The summed E-state index contributed by atoms with van der Waals surface area (Å²) in [4.78, 5) is 51.4. The van der Waals surface area contributed by atoms with E-state index >= 15 is 0 Å². The van der Waals surface area contributed by atoms with Crippen molar-refractivity contribution in [1.29, 1.82) is 0 Å². The number of nitrogens with two attached hydrogens (primary N) is 1. The fraction of sp³-hybridized carbons (Fsp3) is 0.385. The van der Waals surface area contributed by atoms with Crippen LogP contribution in [-0.2, 0) is 33.3 Å². The van der Waals surface area contributed by atoms with Gasteiger partial charge in [-0.1, -0.05) is 55.0 Å². The molecule has 0 aromatic heterocycles. The van der Waals surface area contributed by atoms with Crippen LogP contribution in [0, 0.1) is 5.92 Å². The molecule has 3 amide bonds. The number of phenols is 2. The summed E-state index contributed by atoms with van der Waals surface area (Å²) in [5.74, 6) is -3.23. The molecule has 0 unspecified atom stereocenters. The fourth-order valence-corrected chi connectivity index (χ4v) is 5.73. The zero-order valence-corrected chi connectivity index (χ0v) is 31.0. The van der Waals surface area contributed by atoms with Crippen LogP contribution < -0.4 is 16.4 Å². The SMILES string of the molecule is CCOCC(=O)O[C@@H]1[C@@H](OC)CC(C)=Cc2c(O)c(cc(O)c2NC(=O)c2ccccc2)NC(=O)C(C)=CC=C[C@H](OC)[C@@H](OC(N)=O)C(C)=C[C@@H]1C. The topological polar surface area (TPSA) is 205 Å². The van der Waals surface area contributed by atoms with E-state index in [0.717, 1.165) is 6.07 Å². The highest BCUT2D eigenvalue weighted by Crippen LogP contribution is 2.43. The number of hydrogen-bond donors (Lipinski definition) is 5. The summed E-state index contributed by atoms with van der Waals surface area (Å²) in [7, 11) is 2.86. The molecule has 14 nitrogen and oxygen atoms in total. The Labute approximate surface area is 309 Å². The molecule has 14 heteroatoms. The Kier molecular flexibility index (Phi) is 15.8. The van der Waals surface area contributed by atoms with Gasteiger partial charge in [0.2, 0.25) is 0 Å². The fourth-order valence-electron chi connectivity index (χ4n) is 5.73. The van der Waals surface area contributed by atoms with Crippen LogP contribution in [-0.4, -0.2) is 85.9 Å². The van der Waals surface area contributed by atoms with Gasteiger partial charge in [0.15, 0.2) is 6.10 Å². The van der Waals surface area contributed by atoms with Gasteiger partial charge in [0.05, 0.1) is 17.5 Å². The van der Waals surface area contributed by atoms with Crippen LogP contribution in [0.2, 0.25) is 0 Å². The maximum atomic E-state index is 13.3. The molecule has 0 saturated heterocycles. The normalized spacial score (nSPS) is 21.4. The number of anilines is 2. The van der Waals surface area contributed by atoms with Crippen molar-refractivity contribution in [1.82, 2.24) is 0 Å². The molecule has 1 aliphatic heterocycles. The number of nitrogens with one attached hydrogen (secondary N) is 2. The zero-order valence-electron chi connectivity index (χ0n) is 31.0. The van der Waals surface area contributed by atoms with Crippen LogP contribution in [0.1, 0.15) is 57.0 Å². The smallest absolute Gasteiger partial charge is 0.405 e. The van der Waals surface area contributed by atoms with E-state index in [1.54, 1.807) is 70.2 Å². The number of allylic oxidation sites excluding steroid dienone is 2. The van der Waals surface area contributed by atoms with E-state index in [1.165, 1.54) is 39.4 Å². The number of aromatic hydroxyl groups is 2. The summed E-state index contributed by atoms with van der Waals surface area (Å²) in [6.45, 7) is 8.48. The monoisotopic (exact) mass is 735 g/mol. The van der Waals surface area contributed by atoms with Gasteiger partial charge in [-0.3, -0.25) is 9.59 Å². The number of esters is 1. The zero-order chi connectivity index (χ0) is 39.2. The van der Waals surface area contributed by atoms with Crippen molar-refractivity contribution in [3.05, 3.63) is 88.5 Å². The second-order valence-electron chi connectivity index (χ2n) is 12.5. The van der Waals surface area contributed by atoms with E-state index in [0.29, 0.717) is 16.7 Å². The molecule has 1 heterocycles. The first-order chi connectivity index (χ1) is 25.2. The molecule has 0 radical (unpaired) electrons. The van der Waals surface area contributed by atoms with Crippen LogP contribution in [0.4, 0.5) is 16.2 Å². The Hall–Kier alpha value is -5.44. The van der Waals surface area contributed by atoms with Crippen LogP contribution >= 0.6 is 0 Å². The first kappa shape index (κ1) is 42.0. The van der Waals surface area contributed by atoms with E-state index < -0.39 is 65.7 Å². The molecule has 2 bridgehead atoms. The lowest BCUT2D eigenvalue weighted by molar-refractivity contribution is -0.164. The second kappa shape index (κ2) is 20.0. The molecule has 286 valence electrons. The molecule has 0 saturated carbocycles. The highest BCUT2D eigenvalue weighted by molar-refractivity contribution is 6.09. The lowest BCUT2D eigenvalue weighted by Crippen LogP contribution is -2.39. The first-order valence-corrected chi connectivity index (χ1v) is 17.0. The third kappa shape index (κ3) is 11.8. The van der Waals surface area contributed by atoms with E-state index in [9.17, 15) is 29.4 Å². The third-order valence-corrected chi connectivity index (χ3v) is 8.43. The van der Waals surface area contributed by atoms with Crippen LogP contribution in [0.15, 0.2) is 77.4 Å². The lowest BCUT2D eigenvalue weighted by Gasteiger charge is -2.31. The highest BCUT2D eigenvalue weighted by Gasteiger charge is 2.33. The quantitative estimate of drug-likeness (QED) is 0.0925. The molecule has 0 spiro atoms. The summed E-state index contributed by atoms with van der Waals surface area (Å²) < 4.78 is 28.2. The molecular formula is C39H49N3O11. The van der Waals surface area contributed by atoms with Crippen molar-refractivity contribution in [3.63, 3.8) is 0 Å². The second-order valence-corrected chi connectivity index (χ2v) is 12.5. The van der Waals surface area contributed by atoms with Gasteiger partial charge < -0.3 is 50.3 Å². The summed E-state index contributed by atoms with van der Waals surface area (Å²) in [5.41, 5.74) is 6.78. The minimum atomic E-state index is -1.05. The molecule has 6 N–H and O–H groups in total. The largest absolute Gasteiger partial charge is 0.506 e. The molecule has 3 rings (SSSR count). The van der Waals surface area contributed by atoms with Gasteiger partial charge in [0.1, 0.15) is 30.3 Å². The molecule has 53 heavy (non-hydrogen) atoms. The standard InChI is InChI=1S/C39H49N3O11/c1-8-51-21-32(44)52-36-25(5)19-24(4)35(53-39(40)48)30(49-6)16-12-13-23(3)37(46)41-28-20-29(43)33(42-38(47)26-14-10-9-11-15-26)27(34(28)45)17-22(2)18-31(36)50-7/h9-17,19-20,25,30-31,35-36,43,45H,8,18,21H2,1-7H3,(H2,40,48)(H,41,46)(H,42,47)/t25-,30-,31-,35-,36-/m0/s1. The number of primary amides is 1. The Morgan fingerprint density at radius 1 is 1.04 bits per heavy atom. The Bertz CT molecular complexity index is 1750. The van der Waals surface area contributed by atoms with E-state index in [1.807, 2.05) is 0 Å². The van der Waals surface area contributed by atoms with E-state index in [-0.39, 0.29) is 42.1 Å². The van der Waals surface area contributed by atoms with Gasteiger partial charge in [-0.25, -0.2) is 9.59 Å². The number of methoxy groups -OCH3 is 2. The van der Waals surface area contributed by atoms with Crippen molar-refractivity contribution >= 4 is 41.3 Å². The molecule has 0 aliphatic carbocycles. The van der Waals surface area contributed by atoms with Crippen LogP contribution in [0.5, 0.6) is 11.5 Å². The molecule has 5 atom stereocenters. The van der Waals surface area contributed by atoms with Gasteiger partial charge in [0.25, 0.3) is 11.8 Å². The number of benzene rings is 2. The predicted octanol–water partition coefficient (Wildman–Crippen LogP) is 5.62. The van der Waals surface area contributed by atoms with Gasteiger partial charge in [-0.15, -0.1) is 0 Å². The van der Waals surface area contributed by atoms with Crippen LogP contribution in [0.25, 0.3) is 6.08 Å². The predicted molar refractivity (Wildman–Crippen MR) is 199 cm³/mol. The maximum Gasteiger partial charge on any atom is 0.405 e. The number of rotatable bonds is 9.